The monoisotopic (exact) mass is 354 g/mol. The Balaban J connectivity index is 1.99. The van der Waals surface area contributed by atoms with Gasteiger partial charge in [-0.3, -0.25) is 9.78 Å². The zero-order valence-corrected chi connectivity index (χ0v) is 15.7. The molecule has 2 rings (SSSR count). The first-order chi connectivity index (χ1) is 12.5. The molecule has 0 aliphatic carbocycles. The maximum absolute atomic E-state index is 12.1. The van der Waals surface area contributed by atoms with E-state index in [1.165, 1.54) is 6.08 Å². The van der Waals surface area contributed by atoms with Gasteiger partial charge in [0.2, 0.25) is 5.91 Å². The first-order valence-corrected chi connectivity index (χ1v) is 8.70. The molecule has 1 aromatic carbocycles. The molecule has 1 heterocycles. The van der Waals surface area contributed by atoms with E-state index in [1.807, 2.05) is 43.3 Å². The van der Waals surface area contributed by atoms with Gasteiger partial charge in [0, 0.05) is 12.3 Å². The average Bonchev–Trinajstić information content (AvgIpc) is 2.65. The molecular formula is C21H26N2O3. The van der Waals surface area contributed by atoms with Gasteiger partial charge in [-0.05, 0) is 48.7 Å². The summed E-state index contributed by atoms with van der Waals surface area (Å²) in [5.74, 6) is 1.60. The highest BCUT2D eigenvalue weighted by molar-refractivity contribution is 5.92. The van der Waals surface area contributed by atoms with Crippen molar-refractivity contribution in [3.63, 3.8) is 0 Å². The first kappa shape index (κ1) is 19.5. The van der Waals surface area contributed by atoms with Crippen molar-refractivity contribution in [1.82, 2.24) is 10.3 Å². The number of hydrogen-bond acceptors (Lipinski definition) is 4. The predicted octanol–water partition coefficient (Wildman–Crippen LogP) is 4.02. The van der Waals surface area contributed by atoms with Crippen LogP contribution in [0.2, 0.25) is 0 Å². The molecule has 0 aliphatic heterocycles. The van der Waals surface area contributed by atoms with E-state index in [9.17, 15) is 4.79 Å². The highest BCUT2D eigenvalue weighted by Crippen LogP contribution is 2.29. The summed E-state index contributed by atoms with van der Waals surface area (Å²) in [7, 11) is 1.60. The molecule has 1 amide bonds. The standard InChI is InChI=1S/C21H26N2O3/c1-15(2)14-26-19-10-8-17(13-20(19)25-4)9-11-21(24)23-16(3)18-7-5-6-12-22-18/h5-13,15-16H,14H2,1-4H3,(H,23,24)/b11-9+. The third kappa shape index (κ3) is 5.92. The quantitative estimate of drug-likeness (QED) is 0.728. The average molecular weight is 354 g/mol. The zero-order chi connectivity index (χ0) is 18.9. The topological polar surface area (TPSA) is 60.5 Å². The van der Waals surface area contributed by atoms with Gasteiger partial charge in [0.15, 0.2) is 11.5 Å². The number of amides is 1. The summed E-state index contributed by atoms with van der Waals surface area (Å²) < 4.78 is 11.1. The molecule has 0 bridgehead atoms. The lowest BCUT2D eigenvalue weighted by Crippen LogP contribution is -2.25. The third-order valence-electron chi connectivity index (χ3n) is 3.68. The first-order valence-electron chi connectivity index (χ1n) is 8.70. The molecule has 0 radical (unpaired) electrons. The van der Waals surface area contributed by atoms with E-state index >= 15 is 0 Å². The minimum atomic E-state index is -0.178. The number of carbonyl (C=O) groups is 1. The fourth-order valence-electron chi connectivity index (χ4n) is 2.30. The summed E-state index contributed by atoms with van der Waals surface area (Å²) in [6.45, 7) is 6.71. The molecule has 1 aromatic heterocycles. The van der Waals surface area contributed by atoms with Crippen LogP contribution in [0.3, 0.4) is 0 Å². The number of methoxy groups -OCH3 is 1. The van der Waals surface area contributed by atoms with Gasteiger partial charge in [0.25, 0.3) is 0 Å². The van der Waals surface area contributed by atoms with Crippen molar-refractivity contribution in [2.24, 2.45) is 5.92 Å². The van der Waals surface area contributed by atoms with Crippen LogP contribution >= 0.6 is 0 Å². The van der Waals surface area contributed by atoms with Crippen molar-refractivity contribution < 1.29 is 14.3 Å². The number of nitrogens with zero attached hydrogens (tertiary/aromatic N) is 1. The molecule has 0 aliphatic rings. The number of carbonyl (C=O) groups excluding carboxylic acids is 1. The molecule has 5 heteroatoms. The number of pyridine rings is 1. The van der Waals surface area contributed by atoms with Crippen LogP contribution in [0.4, 0.5) is 0 Å². The van der Waals surface area contributed by atoms with Crippen LogP contribution < -0.4 is 14.8 Å². The van der Waals surface area contributed by atoms with Crippen LogP contribution in [-0.4, -0.2) is 24.6 Å². The highest BCUT2D eigenvalue weighted by Gasteiger charge is 2.09. The Bertz CT molecular complexity index is 742. The van der Waals surface area contributed by atoms with Gasteiger partial charge in [-0.1, -0.05) is 26.0 Å². The van der Waals surface area contributed by atoms with Crippen LogP contribution in [0, 0.1) is 5.92 Å². The van der Waals surface area contributed by atoms with Gasteiger partial charge in [-0.2, -0.15) is 0 Å². The molecule has 1 atom stereocenters. The van der Waals surface area contributed by atoms with Crippen molar-refractivity contribution in [1.29, 1.82) is 0 Å². The largest absolute Gasteiger partial charge is 0.493 e. The molecule has 1 unspecified atom stereocenters. The van der Waals surface area contributed by atoms with Crippen molar-refractivity contribution >= 4 is 12.0 Å². The van der Waals surface area contributed by atoms with Crippen molar-refractivity contribution in [3.8, 4) is 11.5 Å². The summed E-state index contributed by atoms with van der Waals surface area (Å²) in [4.78, 5) is 16.4. The number of benzene rings is 1. The lowest BCUT2D eigenvalue weighted by Gasteiger charge is -2.13. The van der Waals surface area contributed by atoms with Crippen molar-refractivity contribution in [2.75, 3.05) is 13.7 Å². The minimum Gasteiger partial charge on any atom is -0.493 e. The normalized spacial score (nSPS) is 12.2. The van der Waals surface area contributed by atoms with Gasteiger partial charge in [-0.25, -0.2) is 0 Å². The van der Waals surface area contributed by atoms with E-state index in [4.69, 9.17) is 9.47 Å². The van der Waals surface area contributed by atoms with Gasteiger partial charge < -0.3 is 14.8 Å². The van der Waals surface area contributed by atoms with Crippen molar-refractivity contribution in [2.45, 2.75) is 26.8 Å². The molecule has 1 N–H and O–H groups in total. The molecular weight excluding hydrogens is 328 g/mol. The molecule has 0 fully saturated rings. The van der Waals surface area contributed by atoms with Gasteiger partial charge in [0.05, 0.1) is 25.5 Å². The summed E-state index contributed by atoms with van der Waals surface area (Å²) in [5.41, 5.74) is 1.68. The van der Waals surface area contributed by atoms with Gasteiger partial charge in [0.1, 0.15) is 0 Å². The molecule has 26 heavy (non-hydrogen) atoms. The number of rotatable bonds is 8. The fourth-order valence-corrected chi connectivity index (χ4v) is 2.30. The van der Waals surface area contributed by atoms with E-state index in [2.05, 4.69) is 24.1 Å². The lowest BCUT2D eigenvalue weighted by atomic mass is 10.1. The smallest absolute Gasteiger partial charge is 0.244 e. The Morgan fingerprint density at radius 3 is 2.65 bits per heavy atom. The molecule has 0 saturated carbocycles. The van der Waals surface area contributed by atoms with E-state index in [0.717, 1.165) is 11.3 Å². The number of ether oxygens (including phenoxy) is 2. The third-order valence-corrected chi connectivity index (χ3v) is 3.68. The van der Waals surface area contributed by atoms with E-state index in [-0.39, 0.29) is 11.9 Å². The molecule has 138 valence electrons. The Morgan fingerprint density at radius 2 is 2.00 bits per heavy atom. The Hall–Kier alpha value is -2.82. The summed E-state index contributed by atoms with van der Waals surface area (Å²) >= 11 is 0. The Morgan fingerprint density at radius 1 is 1.19 bits per heavy atom. The van der Waals surface area contributed by atoms with Crippen LogP contribution in [0.5, 0.6) is 11.5 Å². The molecule has 0 saturated heterocycles. The maximum Gasteiger partial charge on any atom is 0.244 e. The van der Waals surface area contributed by atoms with E-state index < -0.39 is 0 Å². The highest BCUT2D eigenvalue weighted by atomic mass is 16.5. The predicted molar refractivity (Wildman–Crippen MR) is 103 cm³/mol. The Labute approximate surface area is 155 Å². The molecule has 2 aromatic rings. The lowest BCUT2D eigenvalue weighted by molar-refractivity contribution is -0.117. The van der Waals surface area contributed by atoms with Crippen LogP contribution in [0.25, 0.3) is 6.08 Å². The second kappa shape index (κ2) is 9.61. The van der Waals surface area contributed by atoms with Gasteiger partial charge >= 0.3 is 0 Å². The van der Waals surface area contributed by atoms with Crippen LogP contribution in [0.1, 0.15) is 38.1 Å². The number of nitrogens with one attached hydrogen (secondary N) is 1. The van der Waals surface area contributed by atoms with Crippen LogP contribution in [-0.2, 0) is 4.79 Å². The van der Waals surface area contributed by atoms with E-state index in [1.54, 1.807) is 19.4 Å². The number of aromatic nitrogens is 1. The SMILES string of the molecule is COc1cc(/C=C/C(=O)NC(C)c2ccccn2)ccc1OCC(C)C. The zero-order valence-electron chi connectivity index (χ0n) is 15.7. The minimum absolute atomic E-state index is 0.158. The van der Waals surface area contributed by atoms with Gasteiger partial charge in [-0.15, -0.1) is 0 Å². The second-order valence-corrected chi connectivity index (χ2v) is 6.43. The summed E-state index contributed by atoms with van der Waals surface area (Å²) in [6, 6.07) is 11.1. The molecule has 0 spiro atoms. The van der Waals surface area contributed by atoms with Crippen LogP contribution in [0.15, 0.2) is 48.7 Å². The van der Waals surface area contributed by atoms with E-state index in [0.29, 0.717) is 24.0 Å². The summed E-state index contributed by atoms with van der Waals surface area (Å²) in [6.07, 6.45) is 4.96. The summed E-state index contributed by atoms with van der Waals surface area (Å²) in [5, 5.41) is 2.89. The Kier molecular flexibility index (Phi) is 7.21. The molecule has 5 nitrogen and oxygen atoms in total. The second-order valence-electron chi connectivity index (χ2n) is 6.43. The maximum atomic E-state index is 12.1. The fraction of sp³-hybridized carbons (Fsp3) is 0.333. The van der Waals surface area contributed by atoms with Crippen molar-refractivity contribution in [3.05, 3.63) is 59.9 Å². The number of hydrogen-bond donors (Lipinski definition) is 1.